The van der Waals surface area contributed by atoms with Crippen molar-refractivity contribution in [3.05, 3.63) is 66.2 Å². The molecule has 0 radical (unpaired) electrons. The predicted octanol–water partition coefficient (Wildman–Crippen LogP) is 4.93. The van der Waals surface area contributed by atoms with Gasteiger partial charge < -0.3 is 4.74 Å². The molecule has 0 unspecified atom stereocenters. The second-order valence-corrected chi connectivity index (χ2v) is 7.75. The van der Waals surface area contributed by atoms with E-state index in [9.17, 15) is 10.1 Å². The Morgan fingerprint density at radius 1 is 1.07 bits per heavy atom. The van der Waals surface area contributed by atoms with E-state index >= 15 is 0 Å². The van der Waals surface area contributed by atoms with E-state index in [1.165, 1.54) is 29.7 Å². The monoisotopic (exact) mass is 395 g/mol. The highest BCUT2D eigenvalue weighted by molar-refractivity contribution is 5.99. The average Bonchev–Trinajstić information content (AvgIpc) is 2.75. The molecule has 0 spiro atoms. The van der Waals surface area contributed by atoms with E-state index in [-0.39, 0.29) is 19.1 Å². The van der Waals surface area contributed by atoms with Crippen molar-refractivity contribution in [2.75, 3.05) is 18.1 Å². The Hall–Kier alpha value is -3.65. The van der Waals surface area contributed by atoms with Crippen LogP contribution in [0.25, 0.3) is 22.4 Å². The highest BCUT2D eigenvalue weighted by Gasteiger charge is 2.29. The topological polar surface area (TPSA) is 66.2 Å². The molecule has 30 heavy (non-hydrogen) atoms. The molecule has 2 aliphatic rings. The smallest absolute Gasteiger partial charge is 0.266 e. The van der Waals surface area contributed by atoms with Gasteiger partial charge in [-0.2, -0.15) is 5.26 Å². The SMILES string of the molecule is N#CCN1C(=O)COc2nc(-c3ccc(C4CCC4)cc3)c(-c3ccccc3)cc21. The number of nitrogens with zero attached hydrogens (tertiary/aromatic N) is 3. The second kappa shape index (κ2) is 7.64. The summed E-state index contributed by atoms with van der Waals surface area (Å²) >= 11 is 0. The molecular formula is C25H21N3O2. The molecule has 2 aromatic carbocycles. The van der Waals surface area contributed by atoms with Crippen LogP contribution >= 0.6 is 0 Å². The Bertz CT molecular complexity index is 1130. The first kappa shape index (κ1) is 18.4. The van der Waals surface area contributed by atoms with Crippen LogP contribution in [-0.2, 0) is 4.79 Å². The molecular weight excluding hydrogens is 374 g/mol. The number of anilines is 1. The van der Waals surface area contributed by atoms with Crippen molar-refractivity contribution in [2.45, 2.75) is 25.2 Å². The van der Waals surface area contributed by atoms with Gasteiger partial charge in [-0.05, 0) is 36.0 Å². The van der Waals surface area contributed by atoms with Gasteiger partial charge in [0.2, 0.25) is 5.88 Å². The molecule has 1 saturated carbocycles. The van der Waals surface area contributed by atoms with Crippen LogP contribution in [0.4, 0.5) is 5.69 Å². The molecule has 5 heteroatoms. The van der Waals surface area contributed by atoms with E-state index in [1.807, 2.05) is 36.4 Å². The molecule has 5 rings (SSSR count). The van der Waals surface area contributed by atoms with E-state index in [0.29, 0.717) is 17.5 Å². The van der Waals surface area contributed by atoms with E-state index < -0.39 is 0 Å². The third-order valence-electron chi connectivity index (χ3n) is 5.97. The van der Waals surface area contributed by atoms with E-state index in [2.05, 4.69) is 30.3 Å². The van der Waals surface area contributed by atoms with Crippen molar-refractivity contribution in [2.24, 2.45) is 0 Å². The lowest BCUT2D eigenvalue weighted by Crippen LogP contribution is -2.39. The van der Waals surface area contributed by atoms with Gasteiger partial charge in [-0.3, -0.25) is 9.69 Å². The van der Waals surface area contributed by atoms with Gasteiger partial charge in [0.05, 0.1) is 11.8 Å². The molecule has 1 aliphatic carbocycles. The molecule has 148 valence electrons. The average molecular weight is 395 g/mol. The number of amides is 1. The minimum atomic E-state index is -0.234. The van der Waals surface area contributed by atoms with Crippen molar-refractivity contribution < 1.29 is 9.53 Å². The van der Waals surface area contributed by atoms with Crippen molar-refractivity contribution in [1.82, 2.24) is 4.98 Å². The number of rotatable bonds is 4. The summed E-state index contributed by atoms with van der Waals surface area (Å²) in [6.45, 7) is -0.132. The lowest BCUT2D eigenvalue weighted by atomic mass is 9.80. The zero-order valence-electron chi connectivity index (χ0n) is 16.5. The number of ether oxygens (including phenoxy) is 1. The van der Waals surface area contributed by atoms with Gasteiger partial charge in [0.25, 0.3) is 5.91 Å². The minimum absolute atomic E-state index is 0.0272. The maximum absolute atomic E-state index is 12.3. The summed E-state index contributed by atoms with van der Waals surface area (Å²) in [5, 5.41) is 9.17. The first-order valence-electron chi connectivity index (χ1n) is 10.3. The molecule has 1 amide bonds. The van der Waals surface area contributed by atoms with Crippen molar-refractivity contribution in [1.29, 1.82) is 5.26 Å². The quantitative estimate of drug-likeness (QED) is 0.588. The number of hydrogen-bond donors (Lipinski definition) is 0. The molecule has 5 nitrogen and oxygen atoms in total. The van der Waals surface area contributed by atoms with Crippen LogP contribution in [0.2, 0.25) is 0 Å². The number of aromatic nitrogens is 1. The van der Waals surface area contributed by atoms with Crippen LogP contribution in [0.15, 0.2) is 60.7 Å². The Balaban J connectivity index is 1.64. The third-order valence-corrected chi connectivity index (χ3v) is 5.97. The number of pyridine rings is 1. The summed E-state index contributed by atoms with van der Waals surface area (Å²) in [5.74, 6) is 0.836. The summed E-state index contributed by atoms with van der Waals surface area (Å²) in [6, 6.07) is 22.6. The molecule has 2 heterocycles. The van der Waals surface area contributed by atoms with Crippen LogP contribution in [0.5, 0.6) is 5.88 Å². The van der Waals surface area contributed by atoms with Gasteiger partial charge in [-0.1, -0.05) is 61.0 Å². The number of carbonyl (C=O) groups is 1. The molecule has 1 aromatic heterocycles. The highest BCUT2D eigenvalue weighted by Crippen LogP contribution is 2.41. The van der Waals surface area contributed by atoms with Gasteiger partial charge in [0.15, 0.2) is 6.61 Å². The zero-order chi connectivity index (χ0) is 20.5. The Morgan fingerprint density at radius 3 is 2.50 bits per heavy atom. The minimum Gasteiger partial charge on any atom is -0.466 e. The largest absolute Gasteiger partial charge is 0.466 e. The second-order valence-electron chi connectivity index (χ2n) is 7.75. The molecule has 0 N–H and O–H groups in total. The van der Waals surface area contributed by atoms with Gasteiger partial charge >= 0.3 is 0 Å². The molecule has 0 saturated heterocycles. The fraction of sp³-hybridized carbons (Fsp3) is 0.240. The number of fused-ring (bicyclic) bond motifs is 1. The van der Waals surface area contributed by atoms with Gasteiger partial charge in [0, 0.05) is 11.1 Å². The van der Waals surface area contributed by atoms with Crippen LogP contribution < -0.4 is 9.64 Å². The maximum Gasteiger partial charge on any atom is 0.266 e. The van der Waals surface area contributed by atoms with E-state index in [0.717, 1.165) is 22.4 Å². The summed E-state index contributed by atoms with van der Waals surface area (Å²) in [7, 11) is 0. The van der Waals surface area contributed by atoms with Crippen molar-refractivity contribution in [3.63, 3.8) is 0 Å². The first-order chi connectivity index (χ1) is 14.7. The van der Waals surface area contributed by atoms with E-state index in [1.54, 1.807) is 0 Å². The molecule has 0 atom stereocenters. The van der Waals surface area contributed by atoms with Gasteiger partial charge in [-0.15, -0.1) is 0 Å². The standard InChI is InChI=1S/C25H21N3O2/c26-13-14-28-22-15-21(19-5-2-1-3-6-19)24(27-25(22)30-16-23(28)29)20-11-9-18(10-12-20)17-7-4-8-17/h1-3,5-6,9-12,15,17H,4,7-8,14,16H2. The Morgan fingerprint density at radius 2 is 1.83 bits per heavy atom. The summed E-state index contributed by atoms with van der Waals surface area (Å²) < 4.78 is 5.64. The number of nitriles is 1. The molecule has 1 aliphatic heterocycles. The Labute approximate surface area is 175 Å². The van der Waals surface area contributed by atoms with Gasteiger partial charge in [0.1, 0.15) is 12.2 Å². The third kappa shape index (κ3) is 3.21. The zero-order valence-corrected chi connectivity index (χ0v) is 16.5. The lowest BCUT2D eigenvalue weighted by Gasteiger charge is -2.28. The summed E-state index contributed by atoms with van der Waals surface area (Å²) in [6.07, 6.45) is 3.84. The predicted molar refractivity (Wildman–Crippen MR) is 115 cm³/mol. The van der Waals surface area contributed by atoms with Crippen LogP contribution in [0, 0.1) is 11.3 Å². The maximum atomic E-state index is 12.3. The van der Waals surface area contributed by atoms with E-state index in [4.69, 9.17) is 9.72 Å². The lowest BCUT2D eigenvalue weighted by molar-refractivity contribution is -0.121. The van der Waals surface area contributed by atoms with Crippen molar-refractivity contribution in [3.8, 4) is 34.3 Å². The van der Waals surface area contributed by atoms with Crippen LogP contribution in [0.3, 0.4) is 0 Å². The fourth-order valence-electron chi connectivity index (χ4n) is 4.08. The normalized spacial score (nSPS) is 15.7. The molecule has 1 fully saturated rings. The molecule has 0 bridgehead atoms. The number of hydrogen-bond acceptors (Lipinski definition) is 4. The van der Waals surface area contributed by atoms with Gasteiger partial charge in [-0.25, -0.2) is 4.98 Å². The highest BCUT2D eigenvalue weighted by atomic mass is 16.5. The Kier molecular flexibility index (Phi) is 4.68. The van der Waals surface area contributed by atoms with Crippen LogP contribution in [-0.4, -0.2) is 24.0 Å². The summed E-state index contributed by atoms with van der Waals surface area (Å²) in [4.78, 5) is 18.6. The van der Waals surface area contributed by atoms with Crippen molar-refractivity contribution >= 4 is 11.6 Å². The number of carbonyl (C=O) groups excluding carboxylic acids is 1. The molecule has 3 aromatic rings. The van der Waals surface area contributed by atoms with Crippen LogP contribution in [0.1, 0.15) is 30.7 Å². The fourth-order valence-corrected chi connectivity index (χ4v) is 4.08. The number of benzene rings is 2. The first-order valence-corrected chi connectivity index (χ1v) is 10.3. The summed E-state index contributed by atoms with van der Waals surface area (Å²) in [5.41, 5.74) is 5.65.